The Labute approximate surface area is 79.1 Å². The minimum Gasteiger partial charge on any atom is -0.378 e. The van der Waals surface area contributed by atoms with Gasteiger partial charge in [-0.1, -0.05) is 0 Å². The van der Waals surface area contributed by atoms with Gasteiger partial charge in [0.15, 0.2) is 0 Å². The molecule has 1 saturated heterocycles. The van der Waals surface area contributed by atoms with Gasteiger partial charge < -0.3 is 9.64 Å². The first kappa shape index (κ1) is 11.0. The van der Waals surface area contributed by atoms with Crippen LogP contribution >= 0.6 is 0 Å². The molecule has 1 heterocycles. The predicted molar refractivity (Wildman–Crippen MR) is 42.6 cm³/mol. The van der Waals surface area contributed by atoms with Gasteiger partial charge in [0.1, 0.15) is 0 Å². The maximum atomic E-state index is 11.8. The van der Waals surface area contributed by atoms with E-state index in [2.05, 4.69) is 0 Å². The third-order valence-electron chi connectivity index (χ3n) is 1.76. The Morgan fingerprint density at radius 3 is 2.36 bits per heavy atom. The van der Waals surface area contributed by atoms with Crippen LogP contribution < -0.4 is 0 Å². The van der Waals surface area contributed by atoms with Crippen molar-refractivity contribution in [1.82, 2.24) is 4.90 Å². The number of hydrogen-bond donors (Lipinski definition) is 0. The molecule has 1 rings (SSSR count). The molecule has 0 aromatic rings. The molecule has 0 N–H and O–H groups in total. The summed E-state index contributed by atoms with van der Waals surface area (Å²) in [5, 5.41) is 0. The lowest BCUT2D eigenvalue weighted by Crippen LogP contribution is -2.32. The van der Waals surface area contributed by atoms with Gasteiger partial charge in [0.25, 0.3) is 5.78 Å². The zero-order chi connectivity index (χ0) is 10.6. The Morgan fingerprint density at radius 1 is 1.29 bits per heavy atom. The van der Waals surface area contributed by atoms with E-state index in [1.54, 1.807) is 4.90 Å². The molecule has 3 nitrogen and oxygen atoms in total. The number of ketones is 1. The number of alkyl halides is 3. The predicted octanol–water partition coefficient (Wildman–Crippen LogP) is 0.964. The summed E-state index contributed by atoms with van der Waals surface area (Å²) in [6.45, 7) is 1.98. The number of ether oxygens (including phenoxy) is 1. The summed E-state index contributed by atoms with van der Waals surface area (Å²) >= 11 is 0. The summed E-state index contributed by atoms with van der Waals surface area (Å²) < 4.78 is 40.3. The minimum absolute atomic E-state index is 0.477. The lowest BCUT2D eigenvalue weighted by Gasteiger charge is -2.24. The molecule has 0 saturated carbocycles. The summed E-state index contributed by atoms with van der Waals surface area (Å²) in [7, 11) is 0. The molecule has 0 aliphatic carbocycles. The van der Waals surface area contributed by atoms with Crippen LogP contribution in [0.15, 0.2) is 12.3 Å². The molecule has 6 heteroatoms. The van der Waals surface area contributed by atoms with Crippen LogP contribution in [0.4, 0.5) is 13.2 Å². The zero-order valence-electron chi connectivity index (χ0n) is 7.38. The first-order chi connectivity index (χ1) is 6.50. The average Bonchev–Trinajstić information content (AvgIpc) is 2.14. The van der Waals surface area contributed by atoms with Crippen molar-refractivity contribution < 1.29 is 22.7 Å². The van der Waals surface area contributed by atoms with Crippen molar-refractivity contribution in [2.75, 3.05) is 26.3 Å². The quantitative estimate of drug-likeness (QED) is 0.634. The van der Waals surface area contributed by atoms with Crippen LogP contribution in [0.1, 0.15) is 0 Å². The van der Waals surface area contributed by atoms with Gasteiger partial charge in [-0.05, 0) is 0 Å². The molecular formula is C8H10F3NO2. The van der Waals surface area contributed by atoms with E-state index in [1.807, 2.05) is 0 Å². The maximum Gasteiger partial charge on any atom is 0.454 e. The Hall–Kier alpha value is -1.04. The number of morpholine rings is 1. The largest absolute Gasteiger partial charge is 0.454 e. The Balaban J connectivity index is 2.42. The molecule has 1 aliphatic rings. The van der Waals surface area contributed by atoms with E-state index >= 15 is 0 Å². The lowest BCUT2D eigenvalue weighted by atomic mass is 10.3. The number of nitrogens with zero attached hydrogens (tertiary/aromatic N) is 1. The van der Waals surface area contributed by atoms with Gasteiger partial charge >= 0.3 is 6.18 Å². The van der Waals surface area contributed by atoms with Gasteiger partial charge in [-0.2, -0.15) is 13.2 Å². The fourth-order valence-electron chi connectivity index (χ4n) is 0.994. The first-order valence-electron chi connectivity index (χ1n) is 4.11. The standard InChI is InChI=1S/C8H10F3NO2/c9-8(10,11)7(13)1-2-12-3-5-14-6-4-12/h1-2H,3-6H2. The highest BCUT2D eigenvalue weighted by Gasteiger charge is 2.36. The van der Waals surface area contributed by atoms with E-state index in [-0.39, 0.29) is 0 Å². The molecule has 0 amide bonds. The van der Waals surface area contributed by atoms with E-state index in [4.69, 9.17) is 4.74 Å². The van der Waals surface area contributed by atoms with E-state index in [0.29, 0.717) is 32.4 Å². The van der Waals surface area contributed by atoms with E-state index < -0.39 is 12.0 Å². The number of allylic oxidation sites excluding steroid dienone is 1. The van der Waals surface area contributed by atoms with Gasteiger partial charge in [-0.15, -0.1) is 0 Å². The van der Waals surface area contributed by atoms with E-state index in [9.17, 15) is 18.0 Å². The molecule has 0 atom stereocenters. The average molecular weight is 209 g/mol. The monoisotopic (exact) mass is 209 g/mol. The van der Waals surface area contributed by atoms with Crippen LogP contribution in [-0.4, -0.2) is 43.2 Å². The van der Waals surface area contributed by atoms with Gasteiger partial charge in [-0.25, -0.2) is 0 Å². The number of halogens is 3. The first-order valence-corrected chi connectivity index (χ1v) is 4.11. The van der Waals surface area contributed by atoms with Crippen molar-refractivity contribution >= 4 is 5.78 Å². The van der Waals surface area contributed by atoms with Crippen LogP contribution in [0.2, 0.25) is 0 Å². The zero-order valence-corrected chi connectivity index (χ0v) is 7.38. The van der Waals surface area contributed by atoms with Crippen molar-refractivity contribution in [3.8, 4) is 0 Å². The summed E-state index contributed by atoms with van der Waals surface area (Å²) in [5.74, 6) is -1.83. The van der Waals surface area contributed by atoms with Crippen molar-refractivity contribution in [3.05, 3.63) is 12.3 Å². The Bertz CT molecular complexity index is 231. The number of rotatable bonds is 2. The summed E-state index contributed by atoms with van der Waals surface area (Å²) in [4.78, 5) is 12.1. The fraction of sp³-hybridized carbons (Fsp3) is 0.625. The molecule has 0 radical (unpaired) electrons. The summed E-state index contributed by atoms with van der Waals surface area (Å²) in [5.41, 5.74) is 0. The number of carbonyl (C=O) groups excluding carboxylic acids is 1. The van der Waals surface area contributed by atoms with Crippen LogP contribution in [0.3, 0.4) is 0 Å². The Morgan fingerprint density at radius 2 is 1.86 bits per heavy atom. The summed E-state index contributed by atoms with van der Waals surface area (Å²) in [6.07, 6.45) is -3.06. The molecular weight excluding hydrogens is 199 g/mol. The van der Waals surface area contributed by atoms with E-state index in [1.165, 1.54) is 6.20 Å². The molecule has 1 aliphatic heterocycles. The molecule has 14 heavy (non-hydrogen) atoms. The molecule has 0 bridgehead atoms. The van der Waals surface area contributed by atoms with Crippen LogP contribution in [0.25, 0.3) is 0 Å². The van der Waals surface area contributed by atoms with Crippen molar-refractivity contribution in [3.63, 3.8) is 0 Å². The third kappa shape index (κ3) is 3.37. The van der Waals surface area contributed by atoms with Gasteiger partial charge in [0.05, 0.1) is 13.2 Å². The maximum absolute atomic E-state index is 11.8. The van der Waals surface area contributed by atoms with Gasteiger partial charge in [-0.3, -0.25) is 4.79 Å². The molecule has 0 spiro atoms. The molecule has 0 aromatic carbocycles. The van der Waals surface area contributed by atoms with Crippen molar-refractivity contribution in [2.24, 2.45) is 0 Å². The fourth-order valence-corrected chi connectivity index (χ4v) is 0.994. The molecule has 0 aromatic heterocycles. The van der Waals surface area contributed by atoms with Crippen LogP contribution in [0, 0.1) is 0 Å². The van der Waals surface area contributed by atoms with Gasteiger partial charge in [0, 0.05) is 25.4 Å². The Kier molecular flexibility index (Phi) is 3.51. The van der Waals surface area contributed by atoms with Crippen LogP contribution in [-0.2, 0) is 9.53 Å². The highest BCUT2D eigenvalue weighted by Crippen LogP contribution is 2.16. The number of hydrogen-bond acceptors (Lipinski definition) is 3. The summed E-state index contributed by atoms with van der Waals surface area (Å²) in [6, 6.07) is 0. The molecule has 1 fully saturated rings. The van der Waals surface area contributed by atoms with E-state index in [0.717, 1.165) is 0 Å². The molecule has 0 unspecified atom stereocenters. The van der Waals surface area contributed by atoms with Crippen molar-refractivity contribution in [2.45, 2.75) is 6.18 Å². The SMILES string of the molecule is O=C(C=CN1CCOCC1)C(F)(F)F. The minimum atomic E-state index is -4.78. The third-order valence-corrected chi connectivity index (χ3v) is 1.76. The van der Waals surface area contributed by atoms with Gasteiger partial charge in [0.2, 0.25) is 0 Å². The highest BCUT2D eigenvalue weighted by atomic mass is 19.4. The molecule has 80 valence electrons. The van der Waals surface area contributed by atoms with Crippen molar-refractivity contribution in [1.29, 1.82) is 0 Å². The second kappa shape index (κ2) is 4.45. The van der Waals surface area contributed by atoms with Crippen LogP contribution in [0.5, 0.6) is 0 Å². The second-order valence-corrected chi connectivity index (χ2v) is 2.83. The second-order valence-electron chi connectivity index (χ2n) is 2.83. The number of carbonyl (C=O) groups is 1. The smallest absolute Gasteiger partial charge is 0.378 e. The normalized spacial score (nSPS) is 18.9. The highest BCUT2D eigenvalue weighted by molar-refractivity contribution is 5.94. The topological polar surface area (TPSA) is 29.5 Å². The lowest BCUT2D eigenvalue weighted by molar-refractivity contribution is -0.165.